The molecule has 0 saturated heterocycles. The van der Waals surface area contributed by atoms with Gasteiger partial charge in [-0.25, -0.2) is 0 Å². The topological polar surface area (TPSA) is 43.4 Å². The van der Waals surface area contributed by atoms with Gasteiger partial charge in [-0.3, -0.25) is 4.18 Å². The number of rotatable bonds is 5. The van der Waals surface area contributed by atoms with Crippen LogP contribution in [0.3, 0.4) is 0 Å². The third-order valence-corrected chi connectivity index (χ3v) is 7.15. The summed E-state index contributed by atoms with van der Waals surface area (Å²) in [6.07, 6.45) is 10.2. The lowest BCUT2D eigenvalue weighted by Crippen LogP contribution is -2.38. The van der Waals surface area contributed by atoms with Crippen molar-refractivity contribution in [2.24, 2.45) is 17.8 Å². The highest BCUT2D eigenvalue weighted by Gasteiger charge is 2.38. The number of hydrogen-bond donors (Lipinski definition) is 0. The number of hydrogen-bond acceptors (Lipinski definition) is 4. The molecular formula is C16H26O3S2. The van der Waals surface area contributed by atoms with Gasteiger partial charge in [0, 0.05) is 4.91 Å². The summed E-state index contributed by atoms with van der Waals surface area (Å²) in [5.74, 6) is 1.32. The highest BCUT2D eigenvalue weighted by Crippen LogP contribution is 2.38. The minimum absolute atomic E-state index is 0.171. The summed E-state index contributed by atoms with van der Waals surface area (Å²) in [6.45, 7) is 6.50. The Balaban J connectivity index is 2.14. The van der Waals surface area contributed by atoms with Gasteiger partial charge in [-0.2, -0.15) is 8.42 Å². The molecule has 2 aliphatic rings. The van der Waals surface area contributed by atoms with Crippen LogP contribution < -0.4 is 0 Å². The molecule has 0 spiro atoms. The molecule has 0 aromatic carbocycles. The van der Waals surface area contributed by atoms with E-state index in [9.17, 15) is 8.42 Å². The molecule has 21 heavy (non-hydrogen) atoms. The molecular weight excluding hydrogens is 304 g/mol. The van der Waals surface area contributed by atoms with Crippen molar-refractivity contribution < 1.29 is 12.6 Å². The zero-order chi connectivity index (χ0) is 15.6. The van der Waals surface area contributed by atoms with Gasteiger partial charge in [0.25, 0.3) is 10.1 Å². The molecule has 0 aliphatic heterocycles. The van der Waals surface area contributed by atoms with Gasteiger partial charge in [0.05, 0.1) is 6.10 Å². The quantitative estimate of drug-likeness (QED) is 0.715. The van der Waals surface area contributed by atoms with Crippen molar-refractivity contribution in [3.8, 4) is 0 Å². The normalized spacial score (nSPS) is 33.5. The minimum Gasteiger partial charge on any atom is -0.266 e. The molecule has 0 aromatic heterocycles. The molecule has 0 N–H and O–H groups in total. The molecule has 5 heteroatoms. The first-order valence-electron chi connectivity index (χ1n) is 7.69. The van der Waals surface area contributed by atoms with Crippen LogP contribution in [0, 0.1) is 17.8 Å². The molecule has 0 radical (unpaired) electrons. The van der Waals surface area contributed by atoms with E-state index in [-0.39, 0.29) is 6.10 Å². The van der Waals surface area contributed by atoms with Gasteiger partial charge in [0.2, 0.25) is 0 Å². The summed E-state index contributed by atoms with van der Waals surface area (Å²) in [4.78, 5) is 0.847. The maximum Gasteiger partial charge on any atom is 0.278 e. The fourth-order valence-corrected chi connectivity index (χ4v) is 5.82. The smallest absolute Gasteiger partial charge is 0.266 e. The van der Waals surface area contributed by atoms with E-state index >= 15 is 0 Å². The second-order valence-electron chi connectivity index (χ2n) is 6.53. The van der Waals surface area contributed by atoms with E-state index in [2.05, 4.69) is 20.8 Å². The number of thioether (sulfide) groups is 1. The van der Waals surface area contributed by atoms with E-state index in [0.717, 1.165) is 17.7 Å². The fourth-order valence-electron chi connectivity index (χ4n) is 3.32. The van der Waals surface area contributed by atoms with Crippen LogP contribution >= 0.6 is 11.8 Å². The summed E-state index contributed by atoms with van der Waals surface area (Å²) >= 11 is 1.48. The van der Waals surface area contributed by atoms with Crippen LogP contribution in [0.4, 0.5) is 0 Å². The van der Waals surface area contributed by atoms with Crippen molar-refractivity contribution in [2.75, 3.05) is 6.26 Å². The third kappa shape index (κ3) is 3.93. The third-order valence-electron chi connectivity index (χ3n) is 4.59. The Hall–Kier alpha value is -0.260. The van der Waals surface area contributed by atoms with Crippen LogP contribution in [-0.4, -0.2) is 26.0 Å². The van der Waals surface area contributed by atoms with Crippen molar-refractivity contribution in [3.05, 3.63) is 23.1 Å². The summed E-state index contributed by atoms with van der Waals surface area (Å²) in [5, 5.41) is -0.613. The maximum absolute atomic E-state index is 12.6. The predicted molar refractivity (Wildman–Crippen MR) is 89.7 cm³/mol. The van der Waals surface area contributed by atoms with E-state index in [1.54, 1.807) is 12.2 Å². The fraction of sp³-hybridized carbons (Fsp3) is 0.750. The lowest BCUT2D eigenvalue weighted by Gasteiger charge is -2.37. The van der Waals surface area contributed by atoms with Gasteiger partial charge in [-0.1, -0.05) is 45.4 Å². The lowest BCUT2D eigenvalue weighted by atomic mass is 9.75. The molecule has 0 bridgehead atoms. The average molecular weight is 331 g/mol. The van der Waals surface area contributed by atoms with Crippen molar-refractivity contribution in [1.29, 1.82) is 0 Å². The Morgan fingerprint density at radius 2 is 2.05 bits per heavy atom. The number of allylic oxidation sites excluding steroid dienone is 2. The lowest BCUT2D eigenvalue weighted by molar-refractivity contribution is 0.0509. The van der Waals surface area contributed by atoms with Gasteiger partial charge in [-0.05, 0) is 36.9 Å². The monoisotopic (exact) mass is 330 g/mol. The van der Waals surface area contributed by atoms with Crippen molar-refractivity contribution in [1.82, 2.24) is 0 Å². The standard InChI is InChI=1S/C16H26O3S2/c1-11(2)13-9-8-12(3)10-14(13)19-21(17,18)16-7-5-6-15(16)20-4/h5-7,11-14,16H,8-10H2,1-4H3/t12-,13+,14-,16?/m1/s1. The largest absolute Gasteiger partial charge is 0.278 e. The van der Waals surface area contributed by atoms with Crippen LogP contribution in [0.5, 0.6) is 0 Å². The second kappa shape index (κ2) is 6.88. The van der Waals surface area contributed by atoms with E-state index in [0.29, 0.717) is 17.8 Å². The second-order valence-corrected chi connectivity index (χ2v) is 9.10. The van der Waals surface area contributed by atoms with Gasteiger partial charge >= 0.3 is 0 Å². The van der Waals surface area contributed by atoms with Crippen molar-refractivity contribution in [2.45, 2.75) is 51.4 Å². The van der Waals surface area contributed by atoms with Gasteiger partial charge in [0.15, 0.2) is 0 Å². The minimum atomic E-state index is -3.59. The van der Waals surface area contributed by atoms with E-state index in [1.165, 1.54) is 18.2 Å². The first kappa shape index (κ1) is 17.1. The summed E-state index contributed by atoms with van der Waals surface area (Å²) < 4.78 is 30.9. The first-order chi connectivity index (χ1) is 9.85. The molecule has 0 amide bonds. The van der Waals surface area contributed by atoms with E-state index in [4.69, 9.17) is 4.18 Å². The molecule has 0 aromatic rings. The Kier molecular flexibility index (Phi) is 5.60. The summed E-state index contributed by atoms with van der Waals surface area (Å²) in [5.41, 5.74) is 0. The molecule has 0 heterocycles. The van der Waals surface area contributed by atoms with Crippen molar-refractivity contribution in [3.63, 3.8) is 0 Å². The molecule has 1 fully saturated rings. The summed E-state index contributed by atoms with van der Waals surface area (Å²) in [6, 6.07) is 0. The Morgan fingerprint density at radius 1 is 1.33 bits per heavy atom. The van der Waals surface area contributed by atoms with E-state index < -0.39 is 15.4 Å². The van der Waals surface area contributed by atoms with Crippen LogP contribution in [-0.2, 0) is 14.3 Å². The van der Waals surface area contributed by atoms with Crippen molar-refractivity contribution >= 4 is 21.9 Å². The molecule has 2 aliphatic carbocycles. The predicted octanol–water partition coefficient (Wildman–Crippen LogP) is 3.98. The van der Waals surface area contributed by atoms with Gasteiger partial charge in [-0.15, -0.1) is 11.8 Å². The zero-order valence-corrected chi connectivity index (χ0v) is 14.9. The van der Waals surface area contributed by atoms with Crippen LogP contribution in [0.2, 0.25) is 0 Å². The molecule has 1 saturated carbocycles. The Morgan fingerprint density at radius 3 is 2.67 bits per heavy atom. The Bertz CT molecular complexity index is 520. The molecule has 2 rings (SSSR count). The molecule has 120 valence electrons. The average Bonchev–Trinajstić information content (AvgIpc) is 2.87. The van der Waals surface area contributed by atoms with Crippen LogP contribution in [0.25, 0.3) is 0 Å². The maximum atomic E-state index is 12.6. The Labute approximate surface area is 133 Å². The molecule has 4 atom stereocenters. The molecule has 3 nitrogen and oxygen atoms in total. The van der Waals surface area contributed by atoms with Crippen LogP contribution in [0.1, 0.15) is 40.0 Å². The highest BCUT2D eigenvalue weighted by molar-refractivity contribution is 8.03. The van der Waals surface area contributed by atoms with Crippen LogP contribution in [0.15, 0.2) is 23.1 Å². The molecule has 1 unspecified atom stereocenters. The zero-order valence-electron chi connectivity index (χ0n) is 13.3. The van der Waals surface area contributed by atoms with Gasteiger partial charge in [0.1, 0.15) is 5.25 Å². The van der Waals surface area contributed by atoms with E-state index in [1.807, 2.05) is 12.3 Å². The SMILES string of the molecule is CSC1=CC=CC1S(=O)(=O)O[C@@H]1C[C@H](C)CC[C@H]1C(C)C. The highest BCUT2D eigenvalue weighted by atomic mass is 32.2. The van der Waals surface area contributed by atoms with Gasteiger partial charge < -0.3 is 0 Å². The first-order valence-corrected chi connectivity index (χ1v) is 10.4. The summed E-state index contributed by atoms with van der Waals surface area (Å²) in [7, 11) is -3.59.